The van der Waals surface area contributed by atoms with Gasteiger partial charge in [0.1, 0.15) is 10.3 Å². The average Bonchev–Trinajstić information content (AvgIpc) is 3.31. The van der Waals surface area contributed by atoms with Crippen molar-refractivity contribution in [2.45, 2.75) is 5.41 Å². The van der Waals surface area contributed by atoms with Crippen LogP contribution in [0.25, 0.3) is 33.6 Å². The van der Waals surface area contributed by atoms with E-state index in [1.54, 1.807) is 0 Å². The number of hydrogen-bond acceptors (Lipinski definition) is 2. The first kappa shape index (κ1) is 18.1. The molecule has 5 aromatic rings. The summed E-state index contributed by atoms with van der Waals surface area (Å²) in [7, 11) is 0. The second-order valence-corrected chi connectivity index (χ2v) is 9.06. The lowest BCUT2D eigenvalue weighted by atomic mass is 9.72. The highest BCUT2D eigenvalue weighted by molar-refractivity contribution is 9.10. The van der Waals surface area contributed by atoms with Gasteiger partial charge in [0.15, 0.2) is 0 Å². The lowest BCUT2D eigenvalue weighted by molar-refractivity contribution is 0.757. The predicted molar refractivity (Wildman–Crippen MR) is 131 cm³/mol. The van der Waals surface area contributed by atoms with Gasteiger partial charge in [-0.1, -0.05) is 103 Å². The van der Waals surface area contributed by atoms with Crippen molar-refractivity contribution in [3.8, 4) is 33.6 Å². The first-order valence-electron chi connectivity index (χ1n) is 10.7. The Morgan fingerprint density at radius 3 is 1.62 bits per heavy atom. The molecular weight excluding hydrogens is 456 g/mol. The molecule has 0 radical (unpaired) electrons. The maximum Gasteiger partial charge on any atom is 0.133 e. The molecule has 2 aliphatic rings. The molecule has 1 aromatic heterocycles. The van der Waals surface area contributed by atoms with Crippen LogP contribution in [0.15, 0.2) is 108 Å². The first-order chi connectivity index (χ1) is 15.8. The number of fused-ring (bicyclic) bond motifs is 10. The molecule has 0 saturated heterocycles. The molecule has 0 bridgehead atoms. The molecule has 150 valence electrons. The Labute approximate surface area is 194 Å². The first-order valence-corrected chi connectivity index (χ1v) is 11.5. The topological polar surface area (TPSA) is 25.8 Å². The quantitative estimate of drug-likeness (QED) is 0.251. The van der Waals surface area contributed by atoms with Crippen LogP contribution >= 0.6 is 15.9 Å². The summed E-state index contributed by atoms with van der Waals surface area (Å²) < 4.78 is 0.772. The Hall–Kier alpha value is -3.56. The van der Waals surface area contributed by atoms with Gasteiger partial charge in [-0.25, -0.2) is 9.97 Å². The molecule has 1 heterocycles. The third-order valence-corrected chi connectivity index (χ3v) is 7.35. The van der Waals surface area contributed by atoms with Gasteiger partial charge in [-0.15, -0.1) is 0 Å². The zero-order valence-electron chi connectivity index (χ0n) is 17.1. The molecule has 7 rings (SSSR count). The van der Waals surface area contributed by atoms with Crippen LogP contribution in [0.4, 0.5) is 0 Å². The highest BCUT2D eigenvalue weighted by Gasteiger charge is 2.53. The summed E-state index contributed by atoms with van der Waals surface area (Å²) in [6.07, 6.45) is 0. The van der Waals surface area contributed by atoms with Crippen molar-refractivity contribution < 1.29 is 0 Å². The van der Waals surface area contributed by atoms with E-state index in [-0.39, 0.29) is 0 Å². The number of halogens is 1. The van der Waals surface area contributed by atoms with Crippen molar-refractivity contribution in [1.29, 1.82) is 0 Å². The third-order valence-electron chi connectivity index (χ3n) is 6.79. The normalized spacial score (nSPS) is 14.0. The SMILES string of the molecule is Brc1nc2c(nc1-c1ccccc1)C1(c3ccccc3-c3ccccc31)c1ccccc1-2. The Bertz CT molecular complexity index is 1490. The van der Waals surface area contributed by atoms with E-state index in [0.29, 0.717) is 0 Å². The van der Waals surface area contributed by atoms with Gasteiger partial charge in [-0.05, 0) is 43.7 Å². The average molecular weight is 473 g/mol. The number of nitrogens with zero attached hydrogens (tertiary/aromatic N) is 2. The maximum absolute atomic E-state index is 5.36. The Balaban J connectivity index is 1.66. The predicted octanol–water partition coefficient (Wildman–Crippen LogP) is 7.25. The molecule has 2 nitrogen and oxygen atoms in total. The van der Waals surface area contributed by atoms with Crippen LogP contribution in [0, 0.1) is 0 Å². The Morgan fingerprint density at radius 2 is 1.00 bits per heavy atom. The van der Waals surface area contributed by atoms with E-state index in [1.807, 2.05) is 18.2 Å². The Morgan fingerprint density at radius 1 is 0.500 bits per heavy atom. The zero-order valence-corrected chi connectivity index (χ0v) is 18.7. The molecule has 4 aromatic carbocycles. The van der Waals surface area contributed by atoms with E-state index in [2.05, 4.69) is 101 Å². The van der Waals surface area contributed by atoms with Gasteiger partial charge in [-0.3, -0.25) is 0 Å². The molecule has 32 heavy (non-hydrogen) atoms. The van der Waals surface area contributed by atoms with Crippen LogP contribution in [0.5, 0.6) is 0 Å². The standard InChI is InChI=1S/C29H17BrN2/c30-28-25(18-10-2-1-3-11-18)31-27-26(32-28)21-14-6-9-17-24(21)29(27)22-15-7-4-12-19(22)20-13-5-8-16-23(20)29/h1-17H. The maximum atomic E-state index is 5.36. The van der Waals surface area contributed by atoms with Gasteiger partial charge in [0, 0.05) is 11.1 Å². The summed E-state index contributed by atoms with van der Waals surface area (Å²) in [5.41, 5.74) is 11.0. The van der Waals surface area contributed by atoms with Crippen molar-refractivity contribution >= 4 is 15.9 Å². The molecule has 0 fully saturated rings. The van der Waals surface area contributed by atoms with Gasteiger partial charge < -0.3 is 0 Å². The number of hydrogen-bond donors (Lipinski definition) is 0. The summed E-state index contributed by atoms with van der Waals surface area (Å²) in [6, 6.07) is 36.4. The molecule has 0 atom stereocenters. The van der Waals surface area contributed by atoms with Gasteiger partial charge in [0.25, 0.3) is 0 Å². The molecule has 0 aliphatic heterocycles. The van der Waals surface area contributed by atoms with Crippen molar-refractivity contribution in [1.82, 2.24) is 9.97 Å². The number of benzene rings is 4. The molecule has 0 saturated carbocycles. The lowest BCUT2D eigenvalue weighted by Crippen LogP contribution is -2.27. The van der Waals surface area contributed by atoms with Crippen LogP contribution in [-0.4, -0.2) is 9.97 Å². The minimum atomic E-state index is -0.462. The smallest absolute Gasteiger partial charge is 0.133 e. The van der Waals surface area contributed by atoms with Crippen molar-refractivity contribution in [3.05, 3.63) is 130 Å². The summed E-state index contributed by atoms with van der Waals surface area (Å²) in [4.78, 5) is 10.5. The molecule has 0 amide bonds. The second-order valence-electron chi connectivity index (χ2n) is 8.31. The van der Waals surface area contributed by atoms with Crippen molar-refractivity contribution in [3.63, 3.8) is 0 Å². The van der Waals surface area contributed by atoms with E-state index < -0.39 is 5.41 Å². The zero-order chi connectivity index (χ0) is 21.3. The summed E-state index contributed by atoms with van der Waals surface area (Å²) in [6.45, 7) is 0. The largest absolute Gasteiger partial charge is 0.246 e. The minimum Gasteiger partial charge on any atom is -0.246 e. The lowest BCUT2D eigenvalue weighted by Gasteiger charge is -2.29. The summed E-state index contributed by atoms with van der Waals surface area (Å²) in [5, 5.41) is 0. The van der Waals surface area contributed by atoms with Crippen LogP contribution in [0.3, 0.4) is 0 Å². The molecule has 3 heteroatoms. The Kier molecular flexibility index (Phi) is 3.65. The summed E-state index contributed by atoms with van der Waals surface area (Å²) in [5.74, 6) is 0. The number of aromatic nitrogens is 2. The van der Waals surface area contributed by atoms with E-state index in [9.17, 15) is 0 Å². The van der Waals surface area contributed by atoms with Crippen LogP contribution < -0.4 is 0 Å². The minimum absolute atomic E-state index is 0.462. The fraction of sp³-hybridized carbons (Fsp3) is 0.0345. The monoisotopic (exact) mass is 472 g/mol. The highest BCUT2D eigenvalue weighted by atomic mass is 79.9. The molecule has 2 aliphatic carbocycles. The molecule has 0 unspecified atom stereocenters. The van der Waals surface area contributed by atoms with Crippen LogP contribution in [-0.2, 0) is 5.41 Å². The number of rotatable bonds is 1. The van der Waals surface area contributed by atoms with E-state index >= 15 is 0 Å². The fourth-order valence-electron chi connectivity index (χ4n) is 5.57. The summed E-state index contributed by atoms with van der Waals surface area (Å²) >= 11 is 3.73. The highest BCUT2D eigenvalue weighted by Crippen LogP contribution is 2.62. The van der Waals surface area contributed by atoms with Gasteiger partial charge in [0.05, 0.1) is 16.8 Å². The third kappa shape index (κ3) is 2.14. The second kappa shape index (κ2) is 6.47. The van der Waals surface area contributed by atoms with E-state index in [1.165, 1.54) is 27.8 Å². The fourth-order valence-corrected chi connectivity index (χ4v) is 6.06. The molecule has 0 N–H and O–H groups in total. The van der Waals surface area contributed by atoms with Crippen LogP contribution in [0.1, 0.15) is 22.4 Å². The van der Waals surface area contributed by atoms with Crippen LogP contribution in [0.2, 0.25) is 0 Å². The van der Waals surface area contributed by atoms with Gasteiger partial charge >= 0.3 is 0 Å². The van der Waals surface area contributed by atoms with Gasteiger partial charge in [0.2, 0.25) is 0 Å². The molecule has 1 spiro atoms. The van der Waals surface area contributed by atoms with E-state index in [4.69, 9.17) is 9.97 Å². The van der Waals surface area contributed by atoms with Gasteiger partial charge in [-0.2, -0.15) is 0 Å². The van der Waals surface area contributed by atoms with E-state index in [0.717, 1.165) is 32.8 Å². The van der Waals surface area contributed by atoms with Crippen molar-refractivity contribution in [2.75, 3.05) is 0 Å². The van der Waals surface area contributed by atoms with Crippen molar-refractivity contribution in [2.24, 2.45) is 0 Å². The molecular formula is C29H17BrN2.